The number of nitriles is 1. The lowest BCUT2D eigenvalue weighted by atomic mass is 10.2. The molecule has 0 spiro atoms. The van der Waals surface area contributed by atoms with Gasteiger partial charge in [0.2, 0.25) is 0 Å². The van der Waals surface area contributed by atoms with E-state index in [9.17, 15) is 4.39 Å². The van der Waals surface area contributed by atoms with Crippen molar-refractivity contribution in [1.82, 2.24) is 0 Å². The Morgan fingerprint density at radius 2 is 2.31 bits per heavy atom. The third-order valence-electron chi connectivity index (χ3n) is 2.48. The molecule has 1 fully saturated rings. The summed E-state index contributed by atoms with van der Waals surface area (Å²) in [6.07, 6.45) is 5.30. The smallest absolute Gasteiger partial charge is 0.126 e. The van der Waals surface area contributed by atoms with E-state index in [1.165, 1.54) is 31.1 Å². The Labute approximate surface area is 94.0 Å². The van der Waals surface area contributed by atoms with Gasteiger partial charge in [-0.2, -0.15) is 5.26 Å². The fraction of sp³-hybridized carbons (Fsp3) is 0.308. The maximum atomic E-state index is 13.0. The molecule has 0 aromatic heterocycles. The summed E-state index contributed by atoms with van der Waals surface area (Å²) < 4.78 is 18.6. The van der Waals surface area contributed by atoms with Crippen molar-refractivity contribution in [3.8, 4) is 11.8 Å². The van der Waals surface area contributed by atoms with Gasteiger partial charge in [-0.1, -0.05) is 0 Å². The number of hydrogen-bond donors (Lipinski definition) is 0. The number of rotatable bonds is 4. The second-order valence-corrected chi connectivity index (χ2v) is 3.90. The minimum absolute atomic E-state index is 0.323. The maximum Gasteiger partial charge on any atom is 0.126 e. The van der Waals surface area contributed by atoms with Crippen LogP contribution in [0.4, 0.5) is 4.39 Å². The number of halogens is 1. The molecule has 2 nitrogen and oxygen atoms in total. The minimum Gasteiger partial charge on any atom is -0.493 e. The molecule has 1 saturated carbocycles. The lowest BCUT2D eigenvalue weighted by molar-refractivity contribution is 0.299. The minimum atomic E-state index is -0.323. The summed E-state index contributed by atoms with van der Waals surface area (Å²) >= 11 is 0. The zero-order chi connectivity index (χ0) is 11.4. The van der Waals surface area contributed by atoms with Crippen LogP contribution in [-0.4, -0.2) is 6.61 Å². The van der Waals surface area contributed by atoms with Crippen LogP contribution in [0.3, 0.4) is 0 Å². The Morgan fingerprint density at radius 3 is 3.00 bits per heavy atom. The highest BCUT2D eigenvalue weighted by Crippen LogP contribution is 2.30. The van der Waals surface area contributed by atoms with Crippen molar-refractivity contribution < 1.29 is 9.13 Å². The molecule has 0 heterocycles. The van der Waals surface area contributed by atoms with Gasteiger partial charge in [0.25, 0.3) is 0 Å². The van der Waals surface area contributed by atoms with Crippen LogP contribution in [0.1, 0.15) is 18.4 Å². The van der Waals surface area contributed by atoms with E-state index in [0.29, 0.717) is 23.8 Å². The van der Waals surface area contributed by atoms with Crippen LogP contribution in [-0.2, 0) is 0 Å². The van der Waals surface area contributed by atoms with E-state index < -0.39 is 0 Å². The van der Waals surface area contributed by atoms with Crippen molar-refractivity contribution in [2.75, 3.05) is 6.61 Å². The van der Waals surface area contributed by atoms with Crippen LogP contribution in [0.2, 0.25) is 0 Å². The van der Waals surface area contributed by atoms with Crippen LogP contribution < -0.4 is 4.74 Å². The predicted octanol–water partition coefficient (Wildman–Crippen LogP) is 3.15. The quantitative estimate of drug-likeness (QED) is 0.726. The summed E-state index contributed by atoms with van der Waals surface area (Å²) in [4.78, 5) is 0. The van der Waals surface area contributed by atoms with E-state index >= 15 is 0 Å². The van der Waals surface area contributed by atoms with Crippen LogP contribution in [0.25, 0.3) is 6.08 Å². The first-order chi connectivity index (χ1) is 7.79. The van der Waals surface area contributed by atoms with Gasteiger partial charge < -0.3 is 4.74 Å². The molecule has 1 aromatic carbocycles. The number of ether oxygens (including phenoxy) is 1. The summed E-state index contributed by atoms with van der Waals surface area (Å²) in [5.74, 6) is 0.967. The van der Waals surface area contributed by atoms with Gasteiger partial charge in [-0.3, -0.25) is 0 Å². The second kappa shape index (κ2) is 4.80. The molecule has 0 saturated heterocycles. The molecule has 0 radical (unpaired) electrons. The third kappa shape index (κ3) is 2.83. The van der Waals surface area contributed by atoms with Gasteiger partial charge in [-0.25, -0.2) is 4.39 Å². The summed E-state index contributed by atoms with van der Waals surface area (Å²) in [5, 5.41) is 8.44. The summed E-state index contributed by atoms with van der Waals surface area (Å²) in [6.45, 7) is 0.680. The fourth-order valence-corrected chi connectivity index (χ4v) is 1.40. The lowest BCUT2D eigenvalue weighted by Gasteiger charge is -2.08. The topological polar surface area (TPSA) is 33.0 Å². The second-order valence-electron chi connectivity index (χ2n) is 3.90. The highest BCUT2D eigenvalue weighted by atomic mass is 19.1. The fourth-order valence-electron chi connectivity index (χ4n) is 1.40. The molecular formula is C13H12FNO. The van der Waals surface area contributed by atoms with E-state index in [1.807, 2.05) is 6.07 Å². The predicted molar refractivity (Wildman–Crippen MR) is 59.3 cm³/mol. The van der Waals surface area contributed by atoms with Gasteiger partial charge in [-0.15, -0.1) is 0 Å². The van der Waals surface area contributed by atoms with E-state index in [-0.39, 0.29) is 5.82 Å². The molecule has 1 aromatic rings. The average molecular weight is 217 g/mol. The van der Waals surface area contributed by atoms with Gasteiger partial charge in [-0.05, 0) is 43.0 Å². The van der Waals surface area contributed by atoms with Gasteiger partial charge in [0, 0.05) is 11.6 Å². The Hall–Kier alpha value is -1.82. The summed E-state index contributed by atoms with van der Waals surface area (Å²) in [5.41, 5.74) is 0.613. The molecule has 0 unspecified atom stereocenters. The van der Waals surface area contributed by atoms with E-state index in [0.717, 1.165) is 0 Å². The van der Waals surface area contributed by atoms with E-state index in [1.54, 1.807) is 12.1 Å². The van der Waals surface area contributed by atoms with Crippen molar-refractivity contribution in [3.05, 3.63) is 35.7 Å². The van der Waals surface area contributed by atoms with E-state index in [4.69, 9.17) is 10.00 Å². The van der Waals surface area contributed by atoms with Crippen LogP contribution >= 0.6 is 0 Å². The number of allylic oxidation sites excluding steroid dienone is 1. The molecule has 2 rings (SSSR count). The monoisotopic (exact) mass is 217 g/mol. The molecule has 1 aliphatic rings. The van der Waals surface area contributed by atoms with Gasteiger partial charge in [0.15, 0.2) is 0 Å². The first-order valence-corrected chi connectivity index (χ1v) is 5.28. The van der Waals surface area contributed by atoms with Gasteiger partial charge in [0.05, 0.1) is 12.7 Å². The molecule has 0 aliphatic heterocycles. The lowest BCUT2D eigenvalue weighted by Crippen LogP contribution is -2.00. The Morgan fingerprint density at radius 1 is 1.50 bits per heavy atom. The van der Waals surface area contributed by atoms with Crippen molar-refractivity contribution in [1.29, 1.82) is 5.26 Å². The number of benzene rings is 1. The maximum absolute atomic E-state index is 13.0. The Kier molecular flexibility index (Phi) is 3.21. The average Bonchev–Trinajstić information content (AvgIpc) is 3.09. The molecule has 3 heteroatoms. The summed E-state index contributed by atoms with van der Waals surface area (Å²) in [7, 11) is 0. The first kappa shape index (κ1) is 10.7. The summed E-state index contributed by atoms with van der Waals surface area (Å²) in [6, 6.07) is 6.23. The molecule has 1 aliphatic carbocycles. The van der Waals surface area contributed by atoms with Gasteiger partial charge >= 0.3 is 0 Å². The molecule has 16 heavy (non-hydrogen) atoms. The third-order valence-corrected chi connectivity index (χ3v) is 2.48. The van der Waals surface area contributed by atoms with Crippen molar-refractivity contribution >= 4 is 6.08 Å². The van der Waals surface area contributed by atoms with Gasteiger partial charge in [0.1, 0.15) is 11.6 Å². The highest BCUT2D eigenvalue weighted by molar-refractivity contribution is 5.59. The van der Waals surface area contributed by atoms with Crippen LogP contribution in [0.5, 0.6) is 5.75 Å². The Bertz CT molecular complexity index is 444. The highest BCUT2D eigenvalue weighted by Gasteiger charge is 2.22. The van der Waals surface area contributed by atoms with Crippen LogP contribution in [0, 0.1) is 23.1 Å². The molecule has 0 N–H and O–H groups in total. The normalized spacial score (nSPS) is 15.0. The number of nitrogens with zero attached hydrogens (tertiary/aromatic N) is 1. The van der Waals surface area contributed by atoms with Crippen molar-refractivity contribution in [2.45, 2.75) is 12.8 Å². The molecular weight excluding hydrogens is 205 g/mol. The van der Waals surface area contributed by atoms with Crippen LogP contribution in [0.15, 0.2) is 24.3 Å². The largest absolute Gasteiger partial charge is 0.493 e. The molecule has 82 valence electrons. The molecule has 0 amide bonds. The zero-order valence-corrected chi connectivity index (χ0v) is 8.82. The first-order valence-electron chi connectivity index (χ1n) is 5.28. The van der Waals surface area contributed by atoms with Crippen molar-refractivity contribution in [2.24, 2.45) is 5.92 Å². The zero-order valence-electron chi connectivity index (χ0n) is 8.82. The number of hydrogen-bond acceptors (Lipinski definition) is 2. The van der Waals surface area contributed by atoms with Crippen molar-refractivity contribution in [3.63, 3.8) is 0 Å². The molecule has 0 atom stereocenters. The standard InChI is InChI=1S/C13H12FNO/c14-12-5-6-13(16-9-10-3-4-10)11(8-12)2-1-7-15/h1-2,5-6,8,10H,3-4,9H2. The molecule has 0 bridgehead atoms. The SMILES string of the molecule is N#CC=Cc1cc(F)ccc1OCC1CC1. The van der Waals surface area contributed by atoms with E-state index in [2.05, 4.69) is 0 Å². The Balaban J connectivity index is 2.13.